The van der Waals surface area contributed by atoms with Gasteiger partial charge in [0.1, 0.15) is 11.5 Å². The zero-order valence-corrected chi connectivity index (χ0v) is 14.6. The van der Waals surface area contributed by atoms with Gasteiger partial charge in [-0.25, -0.2) is 4.68 Å². The second kappa shape index (κ2) is 7.96. The van der Waals surface area contributed by atoms with E-state index in [0.29, 0.717) is 28.9 Å². The first-order chi connectivity index (χ1) is 12.2. The highest BCUT2D eigenvalue weighted by Crippen LogP contribution is 2.28. The number of rotatable bonds is 6. The molecule has 1 aliphatic carbocycles. The molecule has 1 aromatic carbocycles. The summed E-state index contributed by atoms with van der Waals surface area (Å²) < 4.78 is 12.3. The third-order valence-corrected chi connectivity index (χ3v) is 4.54. The fraction of sp³-hybridized carbons (Fsp3) is 0.529. The average molecular weight is 345 g/mol. The summed E-state index contributed by atoms with van der Waals surface area (Å²) in [6.07, 6.45) is 5.82. The van der Waals surface area contributed by atoms with Crippen LogP contribution in [-0.2, 0) is 6.54 Å². The van der Waals surface area contributed by atoms with Gasteiger partial charge >= 0.3 is 0 Å². The minimum absolute atomic E-state index is 0.238. The van der Waals surface area contributed by atoms with E-state index in [1.54, 1.807) is 25.3 Å². The van der Waals surface area contributed by atoms with Gasteiger partial charge < -0.3 is 14.8 Å². The Morgan fingerprint density at radius 3 is 2.76 bits per heavy atom. The number of methoxy groups -OCH3 is 2. The normalized spacial score (nSPS) is 15.0. The van der Waals surface area contributed by atoms with Crippen LogP contribution >= 0.6 is 0 Å². The van der Waals surface area contributed by atoms with Crippen molar-refractivity contribution in [1.29, 1.82) is 0 Å². The van der Waals surface area contributed by atoms with Crippen molar-refractivity contribution >= 4 is 5.91 Å². The van der Waals surface area contributed by atoms with Crippen molar-refractivity contribution in [2.24, 2.45) is 0 Å². The monoisotopic (exact) mass is 345 g/mol. The van der Waals surface area contributed by atoms with Gasteiger partial charge in [0.15, 0.2) is 5.82 Å². The van der Waals surface area contributed by atoms with Crippen molar-refractivity contribution in [1.82, 2.24) is 25.5 Å². The van der Waals surface area contributed by atoms with Crippen LogP contribution in [0.1, 0.15) is 54.3 Å². The van der Waals surface area contributed by atoms with Gasteiger partial charge in [-0.3, -0.25) is 4.79 Å². The number of benzene rings is 1. The van der Waals surface area contributed by atoms with E-state index in [1.165, 1.54) is 26.4 Å². The molecule has 0 radical (unpaired) electrons. The number of hydrogen-bond donors (Lipinski definition) is 1. The lowest BCUT2D eigenvalue weighted by Crippen LogP contribution is -2.27. The van der Waals surface area contributed by atoms with Crippen LogP contribution in [0.2, 0.25) is 0 Å². The quantitative estimate of drug-likeness (QED) is 0.862. The standard InChI is InChI=1S/C17H23N5O3/c1-24-13-8-9-14(15(10-13)25-2)17(23)18-11-16-19-20-21-22(16)12-6-4-3-5-7-12/h8-10,12H,3-7,11H2,1-2H3,(H,18,23). The van der Waals surface area contributed by atoms with Crippen LogP contribution in [0, 0.1) is 0 Å². The van der Waals surface area contributed by atoms with Crippen LogP contribution in [0.5, 0.6) is 11.5 Å². The van der Waals surface area contributed by atoms with E-state index in [1.807, 2.05) is 4.68 Å². The summed E-state index contributed by atoms with van der Waals surface area (Å²) in [4.78, 5) is 12.5. The van der Waals surface area contributed by atoms with Crippen LogP contribution in [0.25, 0.3) is 0 Å². The van der Waals surface area contributed by atoms with Crippen LogP contribution in [0.3, 0.4) is 0 Å². The molecule has 8 nitrogen and oxygen atoms in total. The minimum Gasteiger partial charge on any atom is -0.497 e. The fourth-order valence-corrected chi connectivity index (χ4v) is 3.18. The molecule has 0 atom stereocenters. The molecule has 1 fully saturated rings. The van der Waals surface area contributed by atoms with Gasteiger partial charge in [-0.05, 0) is 35.4 Å². The lowest BCUT2D eigenvalue weighted by molar-refractivity contribution is 0.0945. The van der Waals surface area contributed by atoms with E-state index in [-0.39, 0.29) is 12.5 Å². The first-order valence-corrected chi connectivity index (χ1v) is 8.50. The maximum absolute atomic E-state index is 12.5. The molecule has 1 saturated carbocycles. The number of carbonyl (C=O) groups excluding carboxylic acids is 1. The van der Waals surface area contributed by atoms with Gasteiger partial charge in [0.05, 0.1) is 32.4 Å². The number of ether oxygens (including phenoxy) is 2. The number of carbonyl (C=O) groups is 1. The molecular formula is C17H23N5O3. The molecular weight excluding hydrogens is 322 g/mol. The van der Waals surface area contributed by atoms with Crippen LogP contribution < -0.4 is 14.8 Å². The molecule has 0 spiro atoms. The summed E-state index contributed by atoms with van der Waals surface area (Å²) in [6, 6.07) is 5.41. The predicted octanol–water partition coefficient (Wildman–Crippen LogP) is 2.13. The summed E-state index contributed by atoms with van der Waals surface area (Å²) in [5.74, 6) is 1.53. The van der Waals surface area contributed by atoms with Gasteiger partial charge in [-0.1, -0.05) is 19.3 Å². The zero-order valence-electron chi connectivity index (χ0n) is 14.6. The predicted molar refractivity (Wildman–Crippen MR) is 90.7 cm³/mol. The van der Waals surface area contributed by atoms with Gasteiger partial charge in [-0.2, -0.15) is 0 Å². The molecule has 3 rings (SSSR count). The Labute approximate surface area is 146 Å². The van der Waals surface area contributed by atoms with Crippen molar-refractivity contribution in [3.63, 3.8) is 0 Å². The summed E-state index contributed by atoms with van der Waals surface area (Å²) in [5.41, 5.74) is 0.444. The molecule has 25 heavy (non-hydrogen) atoms. The molecule has 1 aromatic heterocycles. The Bertz CT molecular complexity index is 725. The second-order valence-corrected chi connectivity index (χ2v) is 6.08. The first kappa shape index (κ1) is 17.2. The Balaban J connectivity index is 1.68. The minimum atomic E-state index is -0.238. The Hall–Kier alpha value is -2.64. The SMILES string of the molecule is COc1ccc(C(=O)NCc2nnnn2C2CCCCC2)c(OC)c1. The van der Waals surface area contributed by atoms with E-state index in [4.69, 9.17) is 9.47 Å². The number of nitrogens with one attached hydrogen (secondary N) is 1. The molecule has 8 heteroatoms. The molecule has 1 N–H and O–H groups in total. The number of nitrogens with zero attached hydrogens (tertiary/aromatic N) is 4. The smallest absolute Gasteiger partial charge is 0.255 e. The second-order valence-electron chi connectivity index (χ2n) is 6.08. The third-order valence-electron chi connectivity index (χ3n) is 4.54. The van der Waals surface area contributed by atoms with Gasteiger partial charge in [0.2, 0.25) is 0 Å². The number of hydrogen-bond acceptors (Lipinski definition) is 6. The van der Waals surface area contributed by atoms with E-state index in [0.717, 1.165) is 12.8 Å². The van der Waals surface area contributed by atoms with Crippen LogP contribution in [0.15, 0.2) is 18.2 Å². The molecule has 0 saturated heterocycles. The highest BCUT2D eigenvalue weighted by atomic mass is 16.5. The zero-order chi connectivity index (χ0) is 17.6. The summed E-state index contributed by atoms with van der Waals surface area (Å²) in [6.45, 7) is 0.275. The van der Waals surface area contributed by atoms with Crippen LogP contribution in [-0.4, -0.2) is 40.3 Å². The van der Waals surface area contributed by atoms with Crippen molar-refractivity contribution in [2.45, 2.75) is 44.7 Å². The van der Waals surface area contributed by atoms with Gasteiger partial charge in [0.25, 0.3) is 5.91 Å². The molecule has 1 aliphatic rings. The van der Waals surface area contributed by atoms with Crippen molar-refractivity contribution < 1.29 is 14.3 Å². The number of tetrazole rings is 1. The fourth-order valence-electron chi connectivity index (χ4n) is 3.18. The first-order valence-electron chi connectivity index (χ1n) is 8.50. The number of amides is 1. The molecule has 0 unspecified atom stereocenters. The summed E-state index contributed by atoms with van der Waals surface area (Å²) in [7, 11) is 3.09. The van der Waals surface area contributed by atoms with Crippen molar-refractivity contribution in [3.8, 4) is 11.5 Å². The highest BCUT2D eigenvalue weighted by Gasteiger charge is 2.21. The molecule has 1 heterocycles. The molecule has 134 valence electrons. The van der Waals surface area contributed by atoms with E-state index >= 15 is 0 Å². The largest absolute Gasteiger partial charge is 0.497 e. The van der Waals surface area contributed by atoms with Crippen molar-refractivity contribution in [3.05, 3.63) is 29.6 Å². The Morgan fingerprint density at radius 2 is 2.04 bits per heavy atom. The molecule has 0 bridgehead atoms. The van der Waals surface area contributed by atoms with E-state index in [2.05, 4.69) is 20.8 Å². The maximum Gasteiger partial charge on any atom is 0.255 e. The lowest BCUT2D eigenvalue weighted by atomic mass is 9.95. The van der Waals surface area contributed by atoms with E-state index < -0.39 is 0 Å². The number of aromatic nitrogens is 4. The molecule has 1 amide bonds. The third kappa shape index (κ3) is 3.89. The summed E-state index contributed by atoms with van der Waals surface area (Å²) in [5, 5.41) is 14.8. The van der Waals surface area contributed by atoms with Gasteiger partial charge in [-0.15, -0.1) is 5.10 Å². The van der Waals surface area contributed by atoms with Gasteiger partial charge in [0, 0.05) is 6.07 Å². The summed E-state index contributed by atoms with van der Waals surface area (Å²) >= 11 is 0. The van der Waals surface area contributed by atoms with E-state index in [9.17, 15) is 4.79 Å². The average Bonchev–Trinajstić information content (AvgIpc) is 3.14. The van der Waals surface area contributed by atoms with Crippen molar-refractivity contribution in [2.75, 3.05) is 14.2 Å². The maximum atomic E-state index is 12.5. The topological polar surface area (TPSA) is 91.2 Å². The highest BCUT2D eigenvalue weighted by molar-refractivity contribution is 5.97. The van der Waals surface area contributed by atoms with Crippen LogP contribution in [0.4, 0.5) is 0 Å². The lowest BCUT2D eigenvalue weighted by Gasteiger charge is -2.22. The molecule has 2 aromatic rings. The Morgan fingerprint density at radius 1 is 1.24 bits per heavy atom. The molecule has 0 aliphatic heterocycles. The Kier molecular flexibility index (Phi) is 5.47.